The molecule has 0 unspecified atom stereocenters. The summed E-state index contributed by atoms with van der Waals surface area (Å²) in [6.45, 7) is 7.34. The minimum atomic E-state index is 0.126. The first-order valence-corrected chi connectivity index (χ1v) is 8.92. The van der Waals surface area contributed by atoms with E-state index in [1.54, 1.807) is 13.2 Å². The topological polar surface area (TPSA) is 38.8 Å². The Labute approximate surface area is 155 Å². The van der Waals surface area contributed by atoms with E-state index < -0.39 is 0 Å². The van der Waals surface area contributed by atoms with Gasteiger partial charge in [0.15, 0.2) is 11.5 Å². The summed E-state index contributed by atoms with van der Waals surface area (Å²) in [6, 6.07) is 12.5. The molecule has 0 fully saturated rings. The minimum absolute atomic E-state index is 0.126. The van der Waals surface area contributed by atoms with Gasteiger partial charge in [0.25, 0.3) is 0 Å². The number of amides is 1. The molecule has 0 saturated heterocycles. The van der Waals surface area contributed by atoms with Gasteiger partial charge in [0.05, 0.1) is 13.7 Å². The van der Waals surface area contributed by atoms with Crippen LogP contribution in [0.5, 0.6) is 11.5 Å². The highest BCUT2D eigenvalue weighted by molar-refractivity contribution is 5.77. The molecule has 136 valence electrons. The Hall–Kier alpha value is -2.75. The molecule has 2 aromatic rings. The van der Waals surface area contributed by atoms with Gasteiger partial charge >= 0.3 is 0 Å². The SMILES string of the molecule is C=CCCC(=O)N1CCOc2c(cc(-c3ccc(C)cc3)cc2OC)C1. The molecule has 0 bridgehead atoms. The molecular formula is C22H25NO3. The number of nitrogens with zero attached hydrogens (tertiary/aromatic N) is 1. The third-order valence-electron chi connectivity index (χ3n) is 4.62. The summed E-state index contributed by atoms with van der Waals surface area (Å²) in [5, 5.41) is 0. The van der Waals surface area contributed by atoms with Gasteiger partial charge in [-0.25, -0.2) is 0 Å². The Morgan fingerprint density at radius 2 is 2.04 bits per heavy atom. The van der Waals surface area contributed by atoms with Crippen LogP contribution in [0.3, 0.4) is 0 Å². The minimum Gasteiger partial charge on any atom is -0.493 e. The third-order valence-corrected chi connectivity index (χ3v) is 4.62. The number of carbonyl (C=O) groups excluding carboxylic acids is 1. The van der Waals surface area contributed by atoms with E-state index in [9.17, 15) is 4.79 Å². The molecule has 1 heterocycles. The van der Waals surface area contributed by atoms with Crippen molar-refractivity contribution in [3.63, 3.8) is 0 Å². The van der Waals surface area contributed by atoms with Crippen LogP contribution < -0.4 is 9.47 Å². The van der Waals surface area contributed by atoms with Crippen LogP contribution in [0.15, 0.2) is 49.1 Å². The molecule has 0 atom stereocenters. The molecule has 0 N–H and O–H groups in total. The molecule has 2 aromatic carbocycles. The van der Waals surface area contributed by atoms with Crippen LogP contribution in [0.1, 0.15) is 24.0 Å². The highest BCUT2D eigenvalue weighted by Crippen LogP contribution is 2.38. The van der Waals surface area contributed by atoms with Crippen molar-refractivity contribution in [2.24, 2.45) is 0 Å². The smallest absolute Gasteiger partial charge is 0.223 e. The van der Waals surface area contributed by atoms with E-state index >= 15 is 0 Å². The quantitative estimate of drug-likeness (QED) is 0.752. The third kappa shape index (κ3) is 3.90. The van der Waals surface area contributed by atoms with E-state index in [1.807, 2.05) is 11.0 Å². The van der Waals surface area contributed by atoms with Crippen LogP contribution >= 0.6 is 0 Å². The lowest BCUT2D eigenvalue weighted by Crippen LogP contribution is -2.32. The number of methoxy groups -OCH3 is 1. The lowest BCUT2D eigenvalue weighted by Gasteiger charge is -2.20. The zero-order valence-electron chi connectivity index (χ0n) is 15.5. The van der Waals surface area contributed by atoms with Crippen molar-refractivity contribution in [2.45, 2.75) is 26.3 Å². The average Bonchev–Trinajstić information content (AvgIpc) is 2.88. The first kappa shape index (κ1) is 18.1. The van der Waals surface area contributed by atoms with Gasteiger partial charge in [-0.05, 0) is 36.6 Å². The summed E-state index contributed by atoms with van der Waals surface area (Å²) in [7, 11) is 1.65. The lowest BCUT2D eigenvalue weighted by molar-refractivity contribution is -0.131. The van der Waals surface area contributed by atoms with E-state index in [-0.39, 0.29) is 5.91 Å². The van der Waals surface area contributed by atoms with Crippen LogP contribution in [0.4, 0.5) is 0 Å². The highest BCUT2D eigenvalue weighted by Gasteiger charge is 2.23. The predicted molar refractivity (Wildman–Crippen MR) is 104 cm³/mol. The molecule has 4 nitrogen and oxygen atoms in total. The Morgan fingerprint density at radius 1 is 1.27 bits per heavy atom. The second-order valence-electron chi connectivity index (χ2n) is 6.52. The maximum absolute atomic E-state index is 12.5. The largest absolute Gasteiger partial charge is 0.493 e. The molecule has 0 radical (unpaired) electrons. The first-order chi connectivity index (χ1) is 12.6. The van der Waals surface area contributed by atoms with Crippen molar-refractivity contribution in [1.82, 2.24) is 4.90 Å². The van der Waals surface area contributed by atoms with Crippen molar-refractivity contribution in [3.8, 4) is 22.6 Å². The summed E-state index contributed by atoms with van der Waals surface area (Å²) in [6.07, 6.45) is 2.95. The Kier molecular flexibility index (Phi) is 5.61. The number of ether oxygens (including phenoxy) is 2. The fourth-order valence-corrected chi connectivity index (χ4v) is 3.14. The molecule has 1 aliphatic heterocycles. The molecule has 3 rings (SSSR count). The molecule has 26 heavy (non-hydrogen) atoms. The molecule has 0 saturated carbocycles. The van der Waals surface area contributed by atoms with Crippen LogP contribution in [0, 0.1) is 6.92 Å². The maximum Gasteiger partial charge on any atom is 0.223 e. The van der Waals surface area contributed by atoms with Crippen LogP contribution in [-0.4, -0.2) is 31.1 Å². The summed E-state index contributed by atoms with van der Waals surface area (Å²) < 4.78 is 11.5. The van der Waals surface area contributed by atoms with E-state index in [1.165, 1.54) is 5.56 Å². The second-order valence-corrected chi connectivity index (χ2v) is 6.52. The molecule has 0 spiro atoms. The fourth-order valence-electron chi connectivity index (χ4n) is 3.14. The van der Waals surface area contributed by atoms with Crippen molar-refractivity contribution in [1.29, 1.82) is 0 Å². The van der Waals surface area contributed by atoms with Gasteiger partial charge in [-0.3, -0.25) is 4.79 Å². The fraction of sp³-hybridized carbons (Fsp3) is 0.318. The van der Waals surface area contributed by atoms with Crippen LogP contribution in [0.25, 0.3) is 11.1 Å². The van der Waals surface area contributed by atoms with Crippen molar-refractivity contribution >= 4 is 5.91 Å². The maximum atomic E-state index is 12.5. The number of benzene rings is 2. The second kappa shape index (κ2) is 8.09. The van der Waals surface area contributed by atoms with Crippen molar-refractivity contribution < 1.29 is 14.3 Å². The van der Waals surface area contributed by atoms with Gasteiger partial charge in [0, 0.05) is 18.5 Å². The number of rotatable bonds is 5. The predicted octanol–water partition coefficient (Wildman–Crippen LogP) is 4.36. The molecule has 1 aliphatic rings. The number of aryl methyl sites for hydroxylation is 1. The van der Waals surface area contributed by atoms with Crippen molar-refractivity contribution in [3.05, 3.63) is 60.2 Å². The average molecular weight is 351 g/mol. The molecular weight excluding hydrogens is 326 g/mol. The zero-order chi connectivity index (χ0) is 18.5. The molecule has 1 amide bonds. The first-order valence-electron chi connectivity index (χ1n) is 8.92. The van der Waals surface area contributed by atoms with Crippen molar-refractivity contribution in [2.75, 3.05) is 20.3 Å². The molecule has 4 heteroatoms. The lowest BCUT2D eigenvalue weighted by atomic mass is 10.0. The van der Waals surface area contributed by atoms with E-state index in [0.29, 0.717) is 38.3 Å². The number of allylic oxidation sites excluding steroid dienone is 1. The number of hydrogen-bond donors (Lipinski definition) is 0. The summed E-state index contributed by atoms with van der Waals surface area (Å²) in [5.74, 6) is 1.57. The monoisotopic (exact) mass is 351 g/mol. The van der Waals surface area contributed by atoms with E-state index in [0.717, 1.165) is 22.4 Å². The van der Waals surface area contributed by atoms with Gasteiger partial charge in [-0.15, -0.1) is 6.58 Å². The summed E-state index contributed by atoms with van der Waals surface area (Å²) in [5.41, 5.74) is 4.37. The summed E-state index contributed by atoms with van der Waals surface area (Å²) >= 11 is 0. The van der Waals surface area contributed by atoms with Crippen LogP contribution in [-0.2, 0) is 11.3 Å². The number of hydrogen-bond acceptors (Lipinski definition) is 3. The Bertz CT molecular complexity index is 796. The van der Waals surface area contributed by atoms with Gasteiger partial charge in [-0.1, -0.05) is 35.9 Å². The van der Waals surface area contributed by atoms with E-state index in [4.69, 9.17) is 9.47 Å². The Morgan fingerprint density at radius 3 is 2.73 bits per heavy atom. The van der Waals surface area contributed by atoms with Gasteiger partial charge in [0.1, 0.15) is 6.61 Å². The Balaban J connectivity index is 1.96. The number of fused-ring (bicyclic) bond motifs is 1. The van der Waals surface area contributed by atoms with E-state index in [2.05, 4.69) is 43.8 Å². The molecule has 0 aromatic heterocycles. The highest BCUT2D eigenvalue weighted by atomic mass is 16.5. The normalized spacial score (nSPS) is 13.4. The molecule has 0 aliphatic carbocycles. The summed E-state index contributed by atoms with van der Waals surface area (Å²) in [4.78, 5) is 14.3. The zero-order valence-corrected chi connectivity index (χ0v) is 15.5. The van der Waals surface area contributed by atoms with Gasteiger partial charge in [-0.2, -0.15) is 0 Å². The van der Waals surface area contributed by atoms with Crippen LogP contribution in [0.2, 0.25) is 0 Å². The van der Waals surface area contributed by atoms with Gasteiger partial charge in [0.2, 0.25) is 5.91 Å². The van der Waals surface area contributed by atoms with Gasteiger partial charge < -0.3 is 14.4 Å². The number of carbonyl (C=O) groups is 1. The standard InChI is InChI=1S/C22H25NO3/c1-4-5-6-21(24)23-11-12-26-22-19(15-23)13-18(14-20(22)25-3)17-9-7-16(2)8-10-17/h4,7-10,13-14H,1,5-6,11-12,15H2,2-3H3.